The number of hydrogen-bond donors (Lipinski definition) is 2. The molecule has 1 aromatic carbocycles. The summed E-state index contributed by atoms with van der Waals surface area (Å²) in [7, 11) is 0. The van der Waals surface area contributed by atoms with Crippen molar-refractivity contribution in [2.75, 3.05) is 11.1 Å². The highest BCUT2D eigenvalue weighted by molar-refractivity contribution is 8.00. The van der Waals surface area contributed by atoms with Gasteiger partial charge in [0.2, 0.25) is 5.91 Å². The largest absolute Gasteiger partial charge is 0.397 e. The Bertz CT molecular complexity index is 607. The van der Waals surface area contributed by atoms with Crippen molar-refractivity contribution >= 4 is 29.0 Å². The molecule has 0 aliphatic rings. The van der Waals surface area contributed by atoms with Gasteiger partial charge in [-0.2, -0.15) is 0 Å². The summed E-state index contributed by atoms with van der Waals surface area (Å²) in [5.41, 5.74) is 6.26. The van der Waals surface area contributed by atoms with Crippen molar-refractivity contribution in [3.8, 4) is 0 Å². The van der Waals surface area contributed by atoms with Crippen molar-refractivity contribution in [3.05, 3.63) is 48.4 Å². The zero-order chi connectivity index (χ0) is 14.5. The standard InChI is InChI=1S/C14H14FN3OS/c1-9(20-13-4-2-3-7-17-13)14(19)18-12-6-5-10(15)8-11(12)16/h2-9H,16H2,1H3,(H,18,19). The third kappa shape index (κ3) is 3.71. The molecule has 0 spiro atoms. The highest BCUT2D eigenvalue weighted by Crippen LogP contribution is 2.24. The van der Waals surface area contributed by atoms with Crippen LogP contribution in [0.5, 0.6) is 0 Å². The molecule has 4 nitrogen and oxygen atoms in total. The lowest BCUT2D eigenvalue weighted by molar-refractivity contribution is -0.115. The van der Waals surface area contributed by atoms with Gasteiger partial charge in [0.15, 0.2) is 0 Å². The van der Waals surface area contributed by atoms with Gasteiger partial charge in [-0.3, -0.25) is 4.79 Å². The molecule has 1 atom stereocenters. The molecule has 1 amide bonds. The van der Waals surface area contributed by atoms with E-state index in [4.69, 9.17) is 5.73 Å². The molecule has 1 heterocycles. The Morgan fingerprint density at radius 2 is 2.20 bits per heavy atom. The van der Waals surface area contributed by atoms with Crippen molar-refractivity contribution in [1.29, 1.82) is 0 Å². The lowest BCUT2D eigenvalue weighted by Gasteiger charge is -2.12. The molecule has 0 aliphatic heterocycles. The summed E-state index contributed by atoms with van der Waals surface area (Å²) in [6, 6.07) is 9.38. The number of pyridine rings is 1. The normalized spacial score (nSPS) is 11.9. The average Bonchev–Trinajstić information content (AvgIpc) is 2.43. The van der Waals surface area contributed by atoms with Crippen molar-refractivity contribution in [3.63, 3.8) is 0 Å². The van der Waals surface area contributed by atoms with Crippen LogP contribution in [0.4, 0.5) is 15.8 Å². The fraction of sp³-hybridized carbons (Fsp3) is 0.143. The first-order valence-electron chi connectivity index (χ1n) is 6.00. The molecule has 0 saturated carbocycles. The van der Waals surface area contributed by atoms with E-state index in [1.165, 1.54) is 30.0 Å². The third-order valence-electron chi connectivity index (χ3n) is 2.58. The van der Waals surface area contributed by atoms with E-state index in [1.807, 2.05) is 18.2 Å². The summed E-state index contributed by atoms with van der Waals surface area (Å²) in [6.07, 6.45) is 1.67. The Hall–Kier alpha value is -2.08. The van der Waals surface area contributed by atoms with Crippen molar-refractivity contribution in [2.45, 2.75) is 17.2 Å². The number of nitrogens with one attached hydrogen (secondary N) is 1. The molecule has 1 aromatic heterocycles. The number of carbonyl (C=O) groups excluding carboxylic acids is 1. The zero-order valence-electron chi connectivity index (χ0n) is 10.8. The zero-order valence-corrected chi connectivity index (χ0v) is 11.7. The number of aromatic nitrogens is 1. The lowest BCUT2D eigenvalue weighted by Crippen LogP contribution is -2.23. The number of rotatable bonds is 4. The Labute approximate surface area is 120 Å². The molecule has 1 unspecified atom stereocenters. The summed E-state index contributed by atoms with van der Waals surface area (Å²) < 4.78 is 12.9. The summed E-state index contributed by atoms with van der Waals surface area (Å²) in [4.78, 5) is 16.2. The van der Waals surface area contributed by atoms with E-state index < -0.39 is 5.82 Å². The molecule has 0 radical (unpaired) electrons. The topological polar surface area (TPSA) is 68.0 Å². The van der Waals surface area contributed by atoms with Gasteiger partial charge < -0.3 is 11.1 Å². The average molecular weight is 291 g/mol. The number of anilines is 2. The quantitative estimate of drug-likeness (QED) is 0.671. The SMILES string of the molecule is CC(Sc1ccccn1)C(=O)Nc1ccc(F)cc1N. The van der Waals surface area contributed by atoms with Gasteiger partial charge in [-0.1, -0.05) is 17.8 Å². The van der Waals surface area contributed by atoms with E-state index in [9.17, 15) is 9.18 Å². The van der Waals surface area contributed by atoms with Crippen molar-refractivity contribution in [1.82, 2.24) is 4.98 Å². The van der Waals surface area contributed by atoms with Gasteiger partial charge in [0.25, 0.3) is 0 Å². The minimum Gasteiger partial charge on any atom is -0.397 e. The second-order valence-electron chi connectivity index (χ2n) is 4.15. The molecular formula is C14H14FN3OS. The van der Waals surface area contributed by atoms with Crippen LogP contribution >= 0.6 is 11.8 Å². The molecule has 20 heavy (non-hydrogen) atoms. The maximum atomic E-state index is 12.9. The van der Waals surface area contributed by atoms with Crippen LogP contribution in [-0.2, 0) is 4.79 Å². The van der Waals surface area contributed by atoms with Gasteiger partial charge >= 0.3 is 0 Å². The molecule has 0 saturated heterocycles. The maximum absolute atomic E-state index is 12.9. The summed E-state index contributed by atoms with van der Waals surface area (Å²) in [5, 5.41) is 3.11. The first-order valence-corrected chi connectivity index (χ1v) is 6.88. The molecule has 2 aromatic rings. The lowest BCUT2D eigenvalue weighted by atomic mass is 10.2. The van der Waals surface area contributed by atoms with Crippen LogP contribution in [0, 0.1) is 5.82 Å². The summed E-state index contributed by atoms with van der Waals surface area (Å²) in [6.45, 7) is 1.77. The Morgan fingerprint density at radius 3 is 2.85 bits per heavy atom. The minimum absolute atomic E-state index is 0.202. The van der Waals surface area contributed by atoms with Crippen LogP contribution in [-0.4, -0.2) is 16.1 Å². The first kappa shape index (κ1) is 14.3. The minimum atomic E-state index is -0.434. The van der Waals surface area contributed by atoms with Gasteiger partial charge in [0.1, 0.15) is 5.82 Å². The molecule has 6 heteroatoms. The molecule has 0 aliphatic carbocycles. The number of halogens is 1. The number of nitrogen functional groups attached to an aromatic ring is 1. The second-order valence-corrected chi connectivity index (χ2v) is 5.51. The van der Waals surface area contributed by atoms with Gasteiger partial charge in [-0.15, -0.1) is 0 Å². The number of carbonyl (C=O) groups is 1. The van der Waals surface area contributed by atoms with E-state index in [-0.39, 0.29) is 16.8 Å². The Balaban J connectivity index is 2.01. The Morgan fingerprint density at radius 1 is 1.40 bits per heavy atom. The molecule has 2 rings (SSSR count). The van der Waals surface area contributed by atoms with E-state index in [1.54, 1.807) is 13.1 Å². The van der Waals surface area contributed by atoms with Crippen molar-refractivity contribution in [2.24, 2.45) is 0 Å². The maximum Gasteiger partial charge on any atom is 0.237 e. The Kier molecular flexibility index (Phi) is 4.57. The van der Waals surface area contributed by atoms with Gasteiger partial charge in [0.05, 0.1) is 21.7 Å². The van der Waals surface area contributed by atoms with E-state index >= 15 is 0 Å². The molecule has 0 fully saturated rings. The fourth-order valence-electron chi connectivity index (χ4n) is 1.53. The fourth-order valence-corrected chi connectivity index (χ4v) is 2.34. The predicted molar refractivity (Wildman–Crippen MR) is 79.0 cm³/mol. The monoisotopic (exact) mass is 291 g/mol. The van der Waals surface area contributed by atoms with Crippen LogP contribution < -0.4 is 11.1 Å². The summed E-state index contributed by atoms with van der Waals surface area (Å²) >= 11 is 1.34. The number of nitrogens with zero attached hydrogens (tertiary/aromatic N) is 1. The van der Waals surface area contributed by atoms with Crippen LogP contribution in [0.2, 0.25) is 0 Å². The van der Waals surface area contributed by atoms with Gasteiger partial charge in [-0.25, -0.2) is 9.37 Å². The number of amides is 1. The number of benzene rings is 1. The number of hydrogen-bond acceptors (Lipinski definition) is 4. The highest BCUT2D eigenvalue weighted by atomic mass is 32.2. The first-order chi connectivity index (χ1) is 9.56. The molecule has 3 N–H and O–H groups in total. The van der Waals surface area contributed by atoms with Crippen LogP contribution in [0.3, 0.4) is 0 Å². The highest BCUT2D eigenvalue weighted by Gasteiger charge is 2.16. The van der Waals surface area contributed by atoms with E-state index in [0.717, 1.165) is 5.03 Å². The van der Waals surface area contributed by atoms with Crippen LogP contribution in [0.1, 0.15) is 6.92 Å². The van der Waals surface area contributed by atoms with E-state index in [2.05, 4.69) is 10.3 Å². The van der Waals surface area contributed by atoms with E-state index in [0.29, 0.717) is 5.69 Å². The molecular weight excluding hydrogens is 277 g/mol. The number of nitrogens with two attached hydrogens (primary N) is 1. The molecule has 104 valence electrons. The second kappa shape index (κ2) is 6.38. The van der Waals surface area contributed by atoms with Crippen molar-refractivity contribution < 1.29 is 9.18 Å². The van der Waals surface area contributed by atoms with Gasteiger partial charge in [-0.05, 0) is 37.3 Å². The predicted octanol–water partition coefficient (Wildman–Crippen LogP) is 2.92. The number of thioether (sulfide) groups is 1. The smallest absolute Gasteiger partial charge is 0.237 e. The summed E-state index contributed by atoms with van der Waals surface area (Å²) in [5.74, 6) is -0.643. The van der Waals surface area contributed by atoms with Gasteiger partial charge in [0, 0.05) is 6.20 Å². The van der Waals surface area contributed by atoms with Crippen LogP contribution in [0.15, 0.2) is 47.6 Å². The third-order valence-corrected chi connectivity index (χ3v) is 3.63. The molecule has 0 bridgehead atoms. The van der Waals surface area contributed by atoms with Crippen LogP contribution in [0.25, 0.3) is 0 Å².